The minimum Gasteiger partial charge on any atom is -0.487 e. The van der Waals surface area contributed by atoms with E-state index in [1.807, 2.05) is 18.2 Å². The minimum atomic E-state index is -3.86. The number of nitrogens with zero attached hydrogens (tertiary/aromatic N) is 1. The summed E-state index contributed by atoms with van der Waals surface area (Å²) < 4.78 is 30.4. The number of fused-ring (bicyclic) bond motifs is 2. The van der Waals surface area contributed by atoms with Crippen LogP contribution in [0.1, 0.15) is 36.8 Å². The van der Waals surface area contributed by atoms with Crippen molar-refractivity contribution in [2.24, 2.45) is 17.0 Å². The first-order chi connectivity index (χ1) is 15.8. The fourth-order valence-electron chi connectivity index (χ4n) is 4.82. The second kappa shape index (κ2) is 10.1. The van der Waals surface area contributed by atoms with Gasteiger partial charge in [-0.1, -0.05) is 23.7 Å². The topological polar surface area (TPSA) is 92.9 Å². The Labute approximate surface area is 201 Å². The number of aliphatic hydroxyl groups is 1. The van der Waals surface area contributed by atoms with Crippen molar-refractivity contribution < 1.29 is 18.3 Å². The molecule has 0 spiro atoms. The Morgan fingerprint density at radius 2 is 2.03 bits per heavy atom. The molecule has 1 saturated carbocycles. The van der Waals surface area contributed by atoms with Crippen molar-refractivity contribution in [3.63, 3.8) is 0 Å². The lowest BCUT2D eigenvalue weighted by molar-refractivity contribution is 0.0465. The average molecular weight is 491 g/mol. The molecule has 0 amide bonds. The van der Waals surface area contributed by atoms with Gasteiger partial charge < -0.3 is 14.7 Å². The maximum atomic E-state index is 12.1. The molecule has 1 aliphatic heterocycles. The van der Waals surface area contributed by atoms with Gasteiger partial charge in [0.05, 0.1) is 16.7 Å². The largest absolute Gasteiger partial charge is 0.487 e. The molecule has 2 aliphatic rings. The maximum absolute atomic E-state index is 12.1. The highest BCUT2D eigenvalue weighted by Crippen LogP contribution is 2.40. The Kier molecular flexibility index (Phi) is 7.34. The second-order valence-electron chi connectivity index (χ2n) is 9.01. The zero-order valence-electron chi connectivity index (χ0n) is 18.6. The number of sulfonamides is 1. The number of aryl methyl sites for hydroxylation is 1. The van der Waals surface area contributed by atoms with Crippen LogP contribution in [0.3, 0.4) is 0 Å². The highest BCUT2D eigenvalue weighted by Gasteiger charge is 2.36. The van der Waals surface area contributed by atoms with Crippen LogP contribution in [0.5, 0.6) is 5.75 Å². The Morgan fingerprint density at radius 3 is 2.73 bits per heavy atom. The Morgan fingerprint density at radius 1 is 1.21 bits per heavy atom. The third kappa shape index (κ3) is 5.54. The average Bonchev–Trinajstić information content (AvgIpc) is 2.79. The van der Waals surface area contributed by atoms with Gasteiger partial charge in [-0.2, -0.15) is 0 Å². The van der Waals surface area contributed by atoms with Crippen molar-refractivity contribution in [3.8, 4) is 5.75 Å². The van der Waals surface area contributed by atoms with Crippen molar-refractivity contribution >= 4 is 27.3 Å². The third-order valence-corrected chi connectivity index (χ3v) is 8.03. The van der Waals surface area contributed by atoms with Gasteiger partial charge in [0, 0.05) is 18.1 Å². The van der Waals surface area contributed by atoms with Crippen LogP contribution in [0.15, 0.2) is 53.9 Å². The molecule has 0 bridgehead atoms. The van der Waals surface area contributed by atoms with Crippen LogP contribution in [-0.4, -0.2) is 32.7 Å². The molecule has 8 heteroatoms. The van der Waals surface area contributed by atoms with Crippen LogP contribution < -0.4 is 14.8 Å². The number of ether oxygens (including phenoxy) is 1. The molecular formula is C25H31ClN2O4S. The zero-order valence-corrected chi connectivity index (χ0v) is 20.2. The highest BCUT2D eigenvalue weighted by atomic mass is 35.5. The van der Waals surface area contributed by atoms with E-state index in [4.69, 9.17) is 21.5 Å². The van der Waals surface area contributed by atoms with Crippen molar-refractivity contribution in [2.45, 2.75) is 49.7 Å². The van der Waals surface area contributed by atoms with Crippen LogP contribution in [0.2, 0.25) is 5.02 Å². The number of halogens is 1. The summed E-state index contributed by atoms with van der Waals surface area (Å²) in [6.07, 6.45) is 5.83. The molecular weight excluding hydrogens is 460 g/mol. The summed E-state index contributed by atoms with van der Waals surface area (Å²) in [6.45, 7) is 5.55. The van der Waals surface area contributed by atoms with Gasteiger partial charge in [-0.3, -0.25) is 0 Å². The van der Waals surface area contributed by atoms with E-state index in [1.54, 1.807) is 18.2 Å². The van der Waals surface area contributed by atoms with E-state index in [-0.39, 0.29) is 10.8 Å². The molecule has 178 valence electrons. The van der Waals surface area contributed by atoms with Gasteiger partial charge in [0.25, 0.3) is 0 Å². The second-order valence-corrected chi connectivity index (χ2v) is 11.0. The first-order valence-corrected chi connectivity index (χ1v) is 13.3. The monoisotopic (exact) mass is 490 g/mol. The van der Waals surface area contributed by atoms with Crippen molar-refractivity contribution in [3.05, 3.63) is 65.2 Å². The van der Waals surface area contributed by atoms with E-state index in [9.17, 15) is 13.5 Å². The predicted octanol–water partition coefficient (Wildman–Crippen LogP) is 4.28. The highest BCUT2D eigenvalue weighted by molar-refractivity contribution is 7.89. The molecule has 4 rings (SSSR count). The lowest BCUT2D eigenvalue weighted by Crippen LogP contribution is -2.43. The van der Waals surface area contributed by atoms with E-state index in [0.29, 0.717) is 29.8 Å². The molecule has 0 radical (unpaired) electrons. The molecule has 3 N–H and O–H groups in total. The molecule has 33 heavy (non-hydrogen) atoms. The first kappa shape index (κ1) is 24.1. The van der Waals surface area contributed by atoms with Gasteiger partial charge in [0.15, 0.2) is 0 Å². The van der Waals surface area contributed by atoms with E-state index in [0.717, 1.165) is 49.9 Å². The van der Waals surface area contributed by atoms with Crippen LogP contribution >= 0.6 is 11.6 Å². The Balaban J connectivity index is 1.68. The van der Waals surface area contributed by atoms with Gasteiger partial charge in [-0.25, -0.2) is 13.6 Å². The number of hydrogen-bond donors (Lipinski definition) is 2. The number of aliphatic hydroxyl groups excluding tert-OH is 1. The van der Waals surface area contributed by atoms with Gasteiger partial charge in [-0.05, 0) is 85.4 Å². The third-order valence-electron chi connectivity index (χ3n) is 6.89. The summed E-state index contributed by atoms with van der Waals surface area (Å²) in [6, 6.07) is 10.6. The van der Waals surface area contributed by atoms with Crippen molar-refractivity contribution in [1.29, 1.82) is 0 Å². The van der Waals surface area contributed by atoms with Crippen molar-refractivity contribution in [1.82, 2.24) is 0 Å². The van der Waals surface area contributed by atoms with Crippen LogP contribution in [0.4, 0.5) is 5.69 Å². The van der Waals surface area contributed by atoms with Gasteiger partial charge in [0.2, 0.25) is 10.0 Å². The van der Waals surface area contributed by atoms with Crippen molar-refractivity contribution in [2.75, 3.05) is 18.0 Å². The predicted molar refractivity (Wildman–Crippen MR) is 131 cm³/mol. The molecule has 3 atom stereocenters. The quantitative estimate of drug-likeness (QED) is 0.610. The summed E-state index contributed by atoms with van der Waals surface area (Å²) in [5, 5.41) is 16.4. The number of rotatable bonds is 5. The summed E-state index contributed by atoms with van der Waals surface area (Å²) in [7, 11) is -3.86. The Hall–Kier alpha value is -2.06. The summed E-state index contributed by atoms with van der Waals surface area (Å²) >= 11 is 6.23. The number of primary sulfonamides is 1. The molecule has 1 heterocycles. The molecule has 2 aromatic carbocycles. The summed E-state index contributed by atoms with van der Waals surface area (Å²) in [5.74, 6) is 1.08. The summed E-state index contributed by atoms with van der Waals surface area (Å²) in [4.78, 5) is 2.26. The lowest BCUT2D eigenvalue weighted by Gasteiger charge is -2.42. The standard InChI is InChI=1S/C25H31ClN2O4S/c1-2-24(29)22-10-7-18(22)15-28-12-4-3-5-17-13-20(26)8-6-19(17)16-32-25-11-9-21(14-23(25)28)33(27,30)31/h2,6,8-9,11,13-14,18,22,24,29H,1,3-5,7,10,12,15-16H2,(H2,27,30,31)/t18-,22+,24+/m0/s1. The minimum absolute atomic E-state index is 0.0631. The van der Waals surface area contributed by atoms with E-state index in [2.05, 4.69) is 11.5 Å². The molecule has 1 aliphatic carbocycles. The molecule has 0 aromatic heterocycles. The molecule has 0 unspecified atom stereocenters. The maximum Gasteiger partial charge on any atom is 0.238 e. The van der Waals surface area contributed by atoms with Crippen LogP contribution in [0.25, 0.3) is 0 Å². The summed E-state index contributed by atoms with van der Waals surface area (Å²) in [5.41, 5.74) is 2.96. The SMILES string of the molecule is C=C[C@@H](O)[C@@H]1CC[C@H]1CN1CCCCc2cc(Cl)ccc2COc2ccc(S(N)(=O)=O)cc21. The molecule has 1 fully saturated rings. The zero-order chi connectivity index (χ0) is 23.6. The number of hydrogen-bond acceptors (Lipinski definition) is 5. The normalized spacial score (nSPS) is 22.1. The Bertz CT molecular complexity index is 1120. The van der Waals surface area contributed by atoms with Gasteiger partial charge >= 0.3 is 0 Å². The molecule has 0 saturated heterocycles. The number of benzene rings is 2. The fraction of sp³-hybridized carbons (Fsp3) is 0.440. The van der Waals surface area contributed by atoms with Gasteiger partial charge in [0.1, 0.15) is 12.4 Å². The smallest absolute Gasteiger partial charge is 0.238 e. The lowest BCUT2D eigenvalue weighted by atomic mass is 9.70. The number of anilines is 1. The van der Waals surface area contributed by atoms with Crippen LogP contribution in [0, 0.1) is 11.8 Å². The first-order valence-electron chi connectivity index (χ1n) is 11.4. The fourth-order valence-corrected chi connectivity index (χ4v) is 5.55. The van der Waals surface area contributed by atoms with Gasteiger partial charge in [-0.15, -0.1) is 6.58 Å². The van der Waals surface area contributed by atoms with E-state index < -0.39 is 16.1 Å². The number of nitrogens with two attached hydrogens (primary N) is 1. The molecule has 2 aromatic rings. The van der Waals surface area contributed by atoms with Crippen LogP contribution in [-0.2, 0) is 23.1 Å². The van der Waals surface area contributed by atoms with E-state index >= 15 is 0 Å². The molecule has 6 nitrogen and oxygen atoms in total. The van der Waals surface area contributed by atoms with E-state index in [1.165, 1.54) is 11.6 Å².